The molecule has 0 aromatic carbocycles. The number of nitrogens with one attached hydrogen (secondary N) is 1. The van der Waals surface area contributed by atoms with Crippen LogP contribution in [0.15, 0.2) is 40.8 Å². The third-order valence-electron chi connectivity index (χ3n) is 3.49. The van der Waals surface area contributed by atoms with Gasteiger partial charge in [-0.1, -0.05) is 19.4 Å². The topological polar surface area (TPSA) is 83.9 Å². The van der Waals surface area contributed by atoms with E-state index in [2.05, 4.69) is 22.3 Å². The van der Waals surface area contributed by atoms with Gasteiger partial charge in [-0.3, -0.25) is 14.6 Å². The van der Waals surface area contributed by atoms with E-state index in [4.69, 9.17) is 4.74 Å². The zero-order valence-corrected chi connectivity index (χ0v) is 14.2. The van der Waals surface area contributed by atoms with E-state index in [-0.39, 0.29) is 11.8 Å². The SMILES string of the molecule is CCCC/C(NCc1ccccn1)=C1/C(=O)N(C)N=C1OC(C)=O. The maximum absolute atomic E-state index is 12.4. The van der Waals surface area contributed by atoms with Crippen LogP contribution in [-0.4, -0.2) is 34.8 Å². The van der Waals surface area contributed by atoms with Crippen LogP contribution in [0, 0.1) is 0 Å². The minimum Gasteiger partial charge on any atom is -0.405 e. The van der Waals surface area contributed by atoms with Crippen molar-refractivity contribution in [2.24, 2.45) is 5.10 Å². The Balaban J connectivity index is 2.28. The summed E-state index contributed by atoms with van der Waals surface area (Å²) < 4.78 is 5.11. The Morgan fingerprint density at radius 2 is 2.17 bits per heavy atom. The molecule has 7 heteroatoms. The number of esters is 1. The van der Waals surface area contributed by atoms with Gasteiger partial charge in [-0.15, -0.1) is 5.10 Å². The van der Waals surface area contributed by atoms with E-state index < -0.39 is 5.97 Å². The summed E-state index contributed by atoms with van der Waals surface area (Å²) in [5.74, 6) is -0.741. The summed E-state index contributed by atoms with van der Waals surface area (Å²) in [5, 5.41) is 8.47. The van der Waals surface area contributed by atoms with Gasteiger partial charge in [0.05, 0.1) is 12.2 Å². The van der Waals surface area contributed by atoms with Crippen LogP contribution >= 0.6 is 0 Å². The number of nitrogens with zero attached hydrogens (tertiary/aromatic N) is 3. The predicted octanol–water partition coefficient (Wildman–Crippen LogP) is 1.96. The Bertz CT molecular complexity index is 668. The second-order valence-corrected chi connectivity index (χ2v) is 5.46. The third kappa shape index (κ3) is 4.41. The summed E-state index contributed by atoms with van der Waals surface area (Å²) in [5.41, 5.74) is 1.89. The number of hydrogen-bond donors (Lipinski definition) is 1. The van der Waals surface area contributed by atoms with Gasteiger partial charge in [0.15, 0.2) is 0 Å². The molecule has 0 unspecified atom stereocenters. The molecule has 1 aliphatic heterocycles. The summed E-state index contributed by atoms with van der Waals surface area (Å²) >= 11 is 0. The lowest BCUT2D eigenvalue weighted by Gasteiger charge is -2.14. The van der Waals surface area contributed by atoms with Crippen molar-refractivity contribution < 1.29 is 14.3 Å². The van der Waals surface area contributed by atoms with Gasteiger partial charge < -0.3 is 10.1 Å². The van der Waals surface area contributed by atoms with Gasteiger partial charge >= 0.3 is 5.97 Å². The monoisotopic (exact) mass is 330 g/mol. The zero-order chi connectivity index (χ0) is 17.5. The first-order valence-electron chi connectivity index (χ1n) is 7.95. The summed E-state index contributed by atoms with van der Waals surface area (Å²) in [6, 6.07) is 5.66. The number of carbonyl (C=O) groups excluding carboxylic acids is 2. The molecule has 0 aliphatic carbocycles. The maximum Gasteiger partial charge on any atom is 0.309 e. The van der Waals surface area contributed by atoms with Crippen molar-refractivity contribution in [2.45, 2.75) is 39.7 Å². The normalized spacial score (nSPS) is 16.0. The minimum atomic E-state index is -0.506. The number of unbranched alkanes of at least 4 members (excludes halogenated alkanes) is 1. The Labute approximate surface area is 141 Å². The van der Waals surface area contributed by atoms with Crippen LogP contribution < -0.4 is 5.32 Å². The number of hydrazone groups is 1. The molecule has 1 N–H and O–H groups in total. The van der Waals surface area contributed by atoms with E-state index in [1.54, 1.807) is 6.20 Å². The van der Waals surface area contributed by atoms with Crippen LogP contribution in [0.2, 0.25) is 0 Å². The highest BCUT2D eigenvalue weighted by Crippen LogP contribution is 2.21. The van der Waals surface area contributed by atoms with Crippen molar-refractivity contribution >= 4 is 17.8 Å². The van der Waals surface area contributed by atoms with Gasteiger partial charge in [-0.2, -0.15) is 0 Å². The summed E-state index contributed by atoms with van der Waals surface area (Å²) in [6.07, 6.45) is 4.26. The van der Waals surface area contributed by atoms with Gasteiger partial charge in [0.25, 0.3) is 11.8 Å². The fourth-order valence-electron chi connectivity index (χ4n) is 2.31. The highest BCUT2D eigenvalue weighted by molar-refractivity contribution is 6.23. The van der Waals surface area contributed by atoms with Gasteiger partial charge in [-0.05, 0) is 25.0 Å². The molecule has 128 valence electrons. The van der Waals surface area contributed by atoms with Crippen molar-refractivity contribution in [3.05, 3.63) is 41.4 Å². The number of rotatable bonds is 6. The molecule has 2 rings (SSSR count). The molecule has 0 fully saturated rings. The smallest absolute Gasteiger partial charge is 0.309 e. The standard InChI is InChI=1S/C17H22N4O3/c1-4-5-9-14(19-11-13-8-6-7-10-18-13)15-16(24-12(2)22)20-21(3)17(15)23/h6-8,10,19H,4-5,9,11H2,1-3H3/b15-14-. The Morgan fingerprint density at radius 3 is 2.79 bits per heavy atom. The van der Waals surface area contributed by atoms with Crippen molar-refractivity contribution in [1.29, 1.82) is 0 Å². The van der Waals surface area contributed by atoms with E-state index in [1.165, 1.54) is 19.0 Å². The first kappa shape index (κ1) is 17.7. The Kier molecular flexibility index (Phi) is 6.06. The number of hydrogen-bond acceptors (Lipinski definition) is 6. The average Bonchev–Trinajstić information content (AvgIpc) is 2.82. The molecule has 0 bridgehead atoms. The number of carbonyl (C=O) groups is 2. The zero-order valence-electron chi connectivity index (χ0n) is 14.2. The second-order valence-electron chi connectivity index (χ2n) is 5.46. The molecule has 0 radical (unpaired) electrons. The van der Waals surface area contributed by atoms with E-state index in [9.17, 15) is 9.59 Å². The van der Waals surface area contributed by atoms with E-state index in [0.717, 1.165) is 24.2 Å². The number of pyridine rings is 1. The summed E-state index contributed by atoms with van der Waals surface area (Å²) in [6.45, 7) is 3.84. The fourth-order valence-corrected chi connectivity index (χ4v) is 2.31. The number of allylic oxidation sites excluding steroid dienone is 1. The molecule has 7 nitrogen and oxygen atoms in total. The van der Waals surface area contributed by atoms with Crippen LogP contribution in [0.1, 0.15) is 38.8 Å². The molecule has 1 aliphatic rings. The maximum atomic E-state index is 12.4. The molecule has 0 spiro atoms. The third-order valence-corrected chi connectivity index (χ3v) is 3.49. The van der Waals surface area contributed by atoms with Crippen molar-refractivity contribution in [3.63, 3.8) is 0 Å². The molecule has 2 heterocycles. The summed E-state index contributed by atoms with van der Waals surface area (Å²) in [7, 11) is 1.54. The van der Waals surface area contributed by atoms with Crippen molar-refractivity contribution in [1.82, 2.24) is 15.3 Å². The van der Waals surface area contributed by atoms with Gasteiger partial charge in [0.2, 0.25) is 0 Å². The van der Waals surface area contributed by atoms with Gasteiger partial charge in [-0.25, -0.2) is 5.01 Å². The van der Waals surface area contributed by atoms with Crippen LogP contribution in [0.3, 0.4) is 0 Å². The molecule has 1 amide bonds. The van der Waals surface area contributed by atoms with Crippen LogP contribution in [0.5, 0.6) is 0 Å². The van der Waals surface area contributed by atoms with E-state index in [1.807, 2.05) is 18.2 Å². The lowest BCUT2D eigenvalue weighted by atomic mass is 10.1. The molecule has 24 heavy (non-hydrogen) atoms. The largest absolute Gasteiger partial charge is 0.405 e. The number of amides is 1. The number of likely N-dealkylation sites (N-methyl/N-ethyl adjacent to an activating group) is 1. The molecule has 1 aromatic heterocycles. The Hall–Kier alpha value is -2.70. The molecule has 0 atom stereocenters. The molecule has 1 aromatic rings. The molecule has 0 saturated heterocycles. The average molecular weight is 330 g/mol. The van der Waals surface area contributed by atoms with Crippen LogP contribution in [0.25, 0.3) is 0 Å². The fraction of sp³-hybridized carbons (Fsp3) is 0.412. The quantitative estimate of drug-likeness (QED) is 0.637. The van der Waals surface area contributed by atoms with Crippen molar-refractivity contribution in [3.8, 4) is 0 Å². The van der Waals surface area contributed by atoms with E-state index in [0.29, 0.717) is 18.5 Å². The first-order chi connectivity index (χ1) is 11.5. The minimum absolute atomic E-state index is 0.0506. The van der Waals surface area contributed by atoms with Crippen LogP contribution in [-0.2, 0) is 20.9 Å². The molecule has 0 saturated carbocycles. The number of aromatic nitrogens is 1. The van der Waals surface area contributed by atoms with Gasteiger partial charge in [0, 0.05) is 25.9 Å². The van der Waals surface area contributed by atoms with Crippen LogP contribution in [0.4, 0.5) is 0 Å². The number of ether oxygens (including phenoxy) is 1. The predicted molar refractivity (Wildman–Crippen MR) is 89.6 cm³/mol. The van der Waals surface area contributed by atoms with Crippen molar-refractivity contribution in [2.75, 3.05) is 7.05 Å². The highest BCUT2D eigenvalue weighted by atomic mass is 16.5. The molecular formula is C17H22N4O3. The Morgan fingerprint density at radius 1 is 1.38 bits per heavy atom. The lowest BCUT2D eigenvalue weighted by molar-refractivity contribution is -0.133. The second kappa shape index (κ2) is 8.24. The highest BCUT2D eigenvalue weighted by Gasteiger charge is 2.33. The summed E-state index contributed by atoms with van der Waals surface area (Å²) in [4.78, 5) is 28.0. The lowest BCUT2D eigenvalue weighted by Crippen LogP contribution is -2.25. The molecular weight excluding hydrogens is 308 g/mol. The first-order valence-corrected chi connectivity index (χ1v) is 7.95. The van der Waals surface area contributed by atoms with E-state index >= 15 is 0 Å². The van der Waals surface area contributed by atoms with Gasteiger partial charge in [0.1, 0.15) is 5.57 Å².